The predicted octanol–water partition coefficient (Wildman–Crippen LogP) is 4.38. The lowest BCUT2D eigenvalue weighted by molar-refractivity contribution is 0.729. The van der Waals surface area contributed by atoms with Crippen LogP contribution in [-0.4, -0.2) is 9.55 Å². The maximum absolute atomic E-state index is 4.73. The molecule has 1 heterocycles. The van der Waals surface area contributed by atoms with Gasteiger partial charge >= 0.3 is 0 Å². The van der Waals surface area contributed by atoms with Crippen LogP contribution in [0.15, 0.2) is 30.9 Å². The SMILES string of the molecule is C=CCn1c(C(Br)CC)nc2cc(C)ccc21. The predicted molar refractivity (Wildman–Crippen MR) is 76.6 cm³/mol. The summed E-state index contributed by atoms with van der Waals surface area (Å²) in [6.07, 6.45) is 2.94. The van der Waals surface area contributed by atoms with E-state index in [2.05, 4.69) is 59.1 Å². The molecule has 1 aromatic heterocycles. The van der Waals surface area contributed by atoms with E-state index in [4.69, 9.17) is 4.98 Å². The van der Waals surface area contributed by atoms with Gasteiger partial charge in [-0.15, -0.1) is 6.58 Å². The van der Waals surface area contributed by atoms with Gasteiger partial charge in [0.05, 0.1) is 15.9 Å². The van der Waals surface area contributed by atoms with E-state index in [9.17, 15) is 0 Å². The van der Waals surface area contributed by atoms with Crippen molar-refractivity contribution < 1.29 is 0 Å². The highest BCUT2D eigenvalue weighted by atomic mass is 79.9. The molecule has 0 saturated carbocycles. The number of imidazole rings is 1. The Morgan fingerprint density at radius 1 is 1.53 bits per heavy atom. The molecule has 0 radical (unpaired) electrons. The Morgan fingerprint density at radius 3 is 2.94 bits per heavy atom. The van der Waals surface area contributed by atoms with Gasteiger partial charge < -0.3 is 4.57 Å². The molecule has 1 aromatic carbocycles. The molecule has 17 heavy (non-hydrogen) atoms. The summed E-state index contributed by atoms with van der Waals surface area (Å²) >= 11 is 3.68. The smallest absolute Gasteiger partial charge is 0.123 e. The van der Waals surface area contributed by atoms with Crippen molar-refractivity contribution in [3.8, 4) is 0 Å². The van der Waals surface area contributed by atoms with Crippen molar-refractivity contribution in [3.05, 3.63) is 42.2 Å². The molecule has 1 atom stereocenters. The summed E-state index contributed by atoms with van der Waals surface area (Å²) in [6.45, 7) is 8.87. The molecule has 90 valence electrons. The first-order valence-electron chi connectivity index (χ1n) is 5.89. The van der Waals surface area contributed by atoms with Crippen LogP contribution in [0.5, 0.6) is 0 Å². The number of allylic oxidation sites excluding steroid dienone is 1. The topological polar surface area (TPSA) is 17.8 Å². The number of alkyl halides is 1. The van der Waals surface area contributed by atoms with Crippen LogP contribution in [0.4, 0.5) is 0 Å². The van der Waals surface area contributed by atoms with Crippen LogP contribution in [0, 0.1) is 6.92 Å². The molecular formula is C14H17BrN2. The fourth-order valence-corrected chi connectivity index (χ4v) is 2.35. The summed E-state index contributed by atoms with van der Waals surface area (Å²) in [5.74, 6) is 1.09. The zero-order valence-electron chi connectivity index (χ0n) is 10.3. The molecule has 2 rings (SSSR count). The molecule has 0 aliphatic rings. The molecule has 1 unspecified atom stereocenters. The number of benzene rings is 1. The Labute approximate surface area is 110 Å². The lowest BCUT2D eigenvalue weighted by Crippen LogP contribution is -2.03. The summed E-state index contributed by atoms with van der Waals surface area (Å²) in [7, 11) is 0. The monoisotopic (exact) mass is 292 g/mol. The standard InChI is InChI=1S/C14H17BrN2/c1-4-8-17-13-7-6-10(3)9-12(13)16-14(17)11(15)5-2/h4,6-7,9,11H,1,5,8H2,2-3H3. The van der Waals surface area contributed by atoms with Crippen LogP contribution in [0.25, 0.3) is 11.0 Å². The lowest BCUT2D eigenvalue weighted by Gasteiger charge is -2.09. The van der Waals surface area contributed by atoms with Crippen LogP contribution in [0.2, 0.25) is 0 Å². The molecular weight excluding hydrogens is 276 g/mol. The fraction of sp³-hybridized carbons (Fsp3) is 0.357. The first-order chi connectivity index (χ1) is 8.17. The minimum Gasteiger partial charge on any atom is -0.323 e. The van der Waals surface area contributed by atoms with Gasteiger partial charge in [0.25, 0.3) is 0 Å². The highest BCUT2D eigenvalue weighted by Gasteiger charge is 2.15. The molecule has 2 aromatic rings. The number of nitrogens with zero attached hydrogens (tertiary/aromatic N) is 2. The highest BCUT2D eigenvalue weighted by Crippen LogP contribution is 2.29. The summed E-state index contributed by atoms with van der Waals surface area (Å²) in [4.78, 5) is 5.03. The third kappa shape index (κ3) is 2.29. The average molecular weight is 293 g/mol. The summed E-state index contributed by atoms with van der Waals surface area (Å²) in [5, 5.41) is 0. The van der Waals surface area contributed by atoms with Gasteiger partial charge in [-0.2, -0.15) is 0 Å². The second-order valence-corrected chi connectivity index (χ2v) is 5.34. The lowest BCUT2D eigenvalue weighted by atomic mass is 10.2. The van der Waals surface area contributed by atoms with E-state index in [1.54, 1.807) is 0 Å². The Bertz CT molecular complexity index is 542. The summed E-state index contributed by atoms with van der Waals surface area (Å²) in [6, 6.07) is 6.40. The normalized spacial score (nSPS) is 12.9. The van der Waals surface area contributed by atoms with E-state index in [1.807, 2.05) is 6.08 Å². The molecule has 0 aliphatic carbocycles. The molecule has 3 heteroatoms. The van der Waals surface area contributed by atoms with Crippen LogP contribution in [-0.2, 0) is 6.54 Å². The second kappa shape index (κ2) is 5.05. The largest absolute Gasteiger partial charge is 0.323 e. The van der Waals surface area contributed by atoms with Gasteiger partial charge in [0, 0.05) is 6.54 Å². The summed E-state index contributed by atoms with van der Waals surface area (Å²) in [5.41, 5.74) is 3.50. The van der Waals surface area contributed by atoms with E-state index >= 15 is 0 Å². The van der Waals surface area contributed by atoms with Crippen molar-refractivity contribution in [1.82, 2.24) is 9.55 Å². The molecule has 0 aliphatic heterocycles. The molecule has 0 amide bonds. The second-order valence-electron chi connectivity index (χ2n) is 4.24. The minimum atomic E-state index is 0.301. The molecule has 0 fully saturated rings. The van der Waals surface area contributed by atoms with Crippen molar-refractivity contribution in [2.75, 3.05) is 0 Å². The van der Waals surface area contributed by atoms with Crippen molar-refractivity contribution in [2.45, 2.75) is 31.6 Å². The first kappa shape index (κ1) is 12.4. The van der Waals surface area contributed by atoms with Crippen molar-refractivity contribution in [3.63, 3.8) is 0 Å². The zero-order valence-corrected chi connectivity index (χ0v) is 11.9. The number of aryl methyl sites for hydroxylation is 1. The number of rotatable bonds is 4. The molecule has 0 bridgehead atoms. The highest BCUT2D eigenvalue weighted by molar-refractivity contribution is 9.09. The van der Waals surface area contributed by atoms with Crippen molar-refractivity contribution >= 4 is 27.0 Å². The zero-order chi connectivity index (χ0) is 12.4. The number of hydrogen-bond donors (Lipinski definition) is 0. The molecule has 0 saturated heterocycles. The summed E-state index contributed by atoms with van der Waals surface area (Å²) < 4.78 is 2.23. The number of aromatic nitrogens is 2. The van der Waals surface area contributed by atoms with E-state index in [-0.39, 0.29) is 0 Å². The quantitative estimate of drug-likeness (QED) is 0.604. The number of hydrogen-bond acceptors (Lipinski definition) is 1. The van der Waals surface area contributed by atoms with Gasteiger partial charge in [-0.1, -0.05) is 35.0 Å². The van der Waals surface area contributed by atoms with Gasteiger partial charge in [0.1, 0.15) is 5.82 Å². The van der Waals surface area contributed by atoms with Crippen molar-refractivity contribution in [1.29, 1.82) is 0 Å². The van der Waals surface area contributed by atoms with Gasteiger partial charge in [0.2, 0.25) is 0 Å². The number of fused-ring (bicyclic) bond motifs is 1. The fourth-order valence-electron chi connectivity index (χ4n) is 2.00. The van der Waals surface area contributed by atoms with Gasteiger partial charge in [-0.3, -0.25) is 0 Å². The first-order valence-corrected chi connectivity index (χ1v) is 6.80. The van der Waals surface area contributed by atoms with Gasteiger partial charge in [-0.05, 0) is 31.0 Å². The molecule has 2 nitrogen and oxygen atoms in total. The minimum absolute atomic E-state index is 0.301. The average Bonchev–Trinajstić information content (AvgIpc) is 2.67. The number of halogens is 1. The van der Waals surface area contributed by atoms with Gasteiger partial charge in [0.15, 0.2) is 0 Å². The van der Waals surface area contributed by atoms with Crippen LogP contribution in [0.1, 0.15) is 29.6 Å². The maximum atomic E-state index is 4.73. The Kier molecular flexibility index (Phi) is 3.67. The Morgan fingerprint density at radius 2 is 2.29 bits per heavy atom. The van der Waals surface area contributed by atoms with Crippen LogP contribution < -0.4 is 0 Å². The third-order valence-corrected chi connectivity index (χ3v) is 3.94. The van der Waals surface area contributed by atoms with Crippen LogP contribution in [0.3, 0.4) is 0 Å². The van der Waals surface area contributed by atoms with Crippen molar-refractivity contribution in [2.24, 2.45) is 0 Å². The third-order valence-electron chi connectivity index (χ3n) is 2.88. The Hall–Kier alpha value is -1.09. The molecule has 0 spiro atoms. The van der Waals surface area contributed by atoms with E-state index in [1.165, 1.54) is 11.1 Å². The maximum Gasteiger partial charge on any atom is 0.123 e. The van der Waals surface area contributed by atoms with E-state index in [0.29, 0.717) is 4.83 Å². The molecule has 0 N–H and O–H groups in total. The Balaban J connectivity index is 2.65. The van der Waals surface area contributed by atoms with E-state index < -0.39 is 0 Å². The van der Waals surface area contributed by atoms with Crippen LogP contribution >= 0.6 is 15.9 Å². The van der Waals surface area contributed by atoms with E-state index in [0.717, 1.165) is 24.3 Å². The van der Waals surface area contributed by atoms with Gasteiger partial charge in [-0.25, -0.2) is 4.98 Å².